The second kappa shape index (κ2) is 8.98. The molecule has 4 heteroatoms. The van der Waals surface area contributed by atoms with E-state index >= 15 is 0 Å². The highest BCUT2D eigenvalue weighted by Crippen LogP contribution is 2.18. The smallest absolute Gasteiger partial charge is 0.0610 e. The normalized spacial score (nSPS) is 23.4. The Morgan fingerprint density at radius 1 is 1.40 bits per heavy atom. The van der Waals surface area contributed by atoms with E-state index in [0.29, 0.717) is 0 Å². The van der Waals surface area contributed by atoms with Crippen LogP contribution in [0.2, 0.25) is 0 Å². The van der Waals surface area contributed by atoms with E-state index in [1.165, 1.54) is 51.9 Å². The van der Waals surface area contributed by atoms with Crippen LogP contribution >= 0.6 is 0 Å². The molecule has 1 aliphatic rings. The van der Waals surface area contributed by atoms with Crippen LogP contribution in [0, 0.1) is 0 Å². The van der Waals surface area contributed by atoms with E-state index in [9.17, 15) is 5.11 Å². The summed E-state index contributed by atoms with van der Waals surface area (Å²) < 4.78 is 0. The zero-order valence-corrected chi connectivity index (χ0v) is 14.0. The number of nitrogens with one attached hydrogen (secondary N) is 1. The first-order valence-corrected chi connectivity index (χ1v) is 8.27. The monoisotopic (exact) mass is 285 g/mol. The number of aliphatic hydroxyl groups is 1. The first kappa shape index (κ1) is 17.9. The van der Waals surface area contributed by atoms with Crippen molar-refractivity contribution in [3.63, 3.8) is 0 Å². The van der Waals surface area contributed by atoms with Crippen molar-refractivity contribution >= 4 is 0 Å². The highest BCUT2D eigenvalue weighted by molar-refractivity contribution is 4.82. The zero-order chi connectivity index (χ0) is 15.0. The van der Waals surface area contributed by atoms with Crippen LogP contribution in [0.15, 0.2) is 0 Å². The Labute approximate surface area is 125 Å². The van der Waals surface area contributed by atoms with Crippen molar-refractivity contribution in [3.05, 3.63) is 0 Å². The number of aliphatic hydroxyl groups excluding tert-OH is 1. The molecule has 0 radical (unpaired) electrons. The molecule has 2 N–H and O–H groups in total. The molecule has 0 amide bonds. The highest BCUT2D eigenvalue weighted by atomic mass is 16.3. The van der Waals surface area contributed by atoms with Gasteiger partial charge in [0.05, 0.1) is 6.61 Å². The number of rotatable bonds is 10. The summed E-state index contributed by atoms with van der Waals surface area (Å²) >= 11 is 0. The van der Waals surface area contributed by atoms with Crippen LogP contribution in [-0.4, -0.2) is 73.4 Å². The van der Waals surface area contributed by atoms with E-state index < -0.39 is 0 Å². The molecule has 0 spiro atoms. The molecule has 0 aromatic heterocycles. The predicted octanol–water partition coefficient (Wildman–Crippen LogP) is 1.54. The third-order valence-electron chi connectivity index (χ3n) is 4.90. The summed E-state index contributed by atoms with van der Waals surface area (Å²) in [4.78, 5) is 5.09. The maximum Gasteiger partial charge on any atom is 0.0610 e. The maximum absolute atomic E-state index is 9.36. The molecule has 1 saturated heterocycles. The molecule has 0 aromatic carbocycles. The minimum absolute atomic E-state index is 0.108. The van der Waals surface area contributed by atoms with E-state index in [0.717, 1.165) is 12.5 Å². The first-order valence-electron chi connectivity index (χ1n) is 8.27. The molecule has 0 aromatic rings. The number of nitrogens with zero attached hydrogens (tertiary/aromatic N) is 2. The van der Waals surface area contributed by atoms with Gasteiger partial charge in [-0.1, -0.05) is 13.3 Å². The van der Waals surface area contributed by atoms with Crippen LogP contribution < -0.4 is 5.32 Å². The summed E-state index contributed by atoms with van der Waals surface area (Å²) in [5, 5.41) is 12.6. The molecule has 1 heterocycles. The third kappa shape index (κ3) is 5.68. The molecule has 2 unspecified atom stereocenters. The fourth-order valence-corrected chi connectivity index (χ4v) is 3.15. The standard InChI is InChI=1S/C16H35N3O/c1-5-19-12-8-9-15(19)13-18(4)11-7-6-10-16(2,14-20)17-3/h15,17,20H,5-14H2,1-4H3. The molecule has 1 aliphatic heterocycles. The Hall–Kier alpha value is -0.160. The Bertz CT molecular complexity index is 256. The molecule has 120 valence electrons. The number of hydrogen-bond acceptors (Lipinski definition) is 4. The molecular formula is C16H35N3O. The summed E-state index contributed by atoms with van der Waals surface area (Å²) in [6.07, 6.45) is 6.15. The van der Waals surface area contributed by atoms with E-state index in [1.807, 2.05) is 7.05 Å². The van der Waals surface area contributed by atoms with Gasteiger partial charge in [-0.3, -0.25) is 4.90 Å². The predicted molar refractivity (Wildman–Crippen MR) is 86.2 cm³/mol. The molecule has 20 heavy (non-hydrogen) atoms. The van der Waals surface area contributed by atoms with Gasteiger partial charge in [0.2, 0.25) is 0 Å². The highest BCUT2D eigenvalue weighted by Gasteiger charge is 2.24. The number of unbranched alkanes of at least 4 members (excludes halogenated alkanes) is 1. The van der Waals surface area contributed by atoms with Crippen molar-refractivity contribution in [1.29, 1.82) is 0 Å². The molecule has 2 atom stereocenters. The lowest BCUT2D eigenvalue weighted by molar-refractivity contribution is 0.166. The van der Waals surface area contributed by atoms with E-state index in [4.69, 9.17) is 0 Å². The van der Waals surface area contributed by atoms with Crippen molar-refractivity contribution in [2.45, 2.75) is 57.5 Å². The van der Waals surface area contributed by atoms with Gasteiger partial charge in [-0.05, 0) is 66.3 Å². The largest absolute Gasteiger partial charge is 0.394 e. The van der Waals surface area contributed by atoms with E-state index in [-0.39, 0.29) is 12.1 Å². The first-order chi connectivity index (χ1) is 9.54. The van der Waals surface area contributed by atoms with E-state index in [1.54, 1.807) is 0 Å². The second-order valence-corrected chi connectivity index (χ2v) is 6.61. The summed E-state index contributed by atoms with van der Waals surface area (Å²) in [7, 11) is 4.18. The second-order valence-electron chi connectivity index (χ2n) is 6.61. The number of hydrogen-bond donors (Lipinski definition) is 2. The Morgan fingerprint density at radius 2 is 2.15 bits per heavy atom. The molecule has 1 fully saturated rings. The molecule has 1 rings (SSSR count). The molecule has 0 saturated carbocycles. The fourth-order valence-electron chi connectivity index (χ4n) is 3.15. The lowest BCUT2D eigenvalue weighted by Gasteiger charge is -2.29. The molecule has 0 aliphatic carbocycles. The van der Waals surface area contributed by atoms with Crippen LogP contribution in [-0.2, 0) is 0 Å². The lowest BCUT2D eigenvalue weighted by Crippen LogP contribution is -2.43. The molecule has 4 nitrogen and oxygen atoms in total. The van der Waals surface area contributed by atoms with Gasteiger partial charge >= 0.3 is 0 Å². The van der Waals surface area contributed by atoms with Crippen LogP contribution in [0.25, 0.3) is 0 Å². The summed E-state index contributed by atoms with van der Waals surface area (Å²) in [5.41, 5.74) is -0.108. The summed E-state index contributed by atoms with van der Waals surface area (Å²) in [5.74, 6) is 0. The van der Waals surface area contributed by atoms with E-state index in [2.05, 4.69) is 36.0 Å². The van der Waals surface area contributed by atoms with Crippen LogP contribution in [0.5, 0.6) is 0 Å². The average Bonchev–Trinajstić information content (AvgIpc) is 2.90. The third-order valence-corrected chi connectivity index (χ3v) is 4.90. The van der Waals surface area contributed by atoms with Crippen molar-refractivity contribution in [2.24, 2.45) is 0 Å². The quantitative estimate of drug-likeness (QED) is 0.597. The molecular weight excluding hydrogens is 250 g/mol. The SMILES string of the molecule is CCN1CCCC1CN(C)CCCCC(C)(CO)NC. The minimum Gasteiger partial charge on any atom is -0.394 e. The van der Waals surface area contributed by atoms with Crippen molar-refractivity contribution in [3.8, 4) is 0 Å². The Kier molecular flexibility index (Phi) is 8.03. The molecule has 0 bridgehead atoms. The van der Waals surface area contributed by atoms with Crippen molar-refractivity contribution in [2.75, 3.05) is 46.9 Å². The summed E-state index contributed by atoms with van der Waals surface area (Å²) in [6, 6.07) is 0.769. The van der Waals surface area contributed by atoms with Gasteiger partial charge in [0, 0.05) is 18.1 Å². The number of likely N-dealkylation sites (tertiary alicyclic amines) is 1. The Morgan fingerprint density at radius 3 is 2.75 bits per heavy atom. The maximum atomic E-state index is 9.36. The van der Waals surface area contributed by atoms with Gasteiger partial charge in [-0.25, -0.2) is 0 Å². The van der Waals surface area contributed by atoms with Gasteiger partial charge in [-0.15, -0.1) is 0 Å². The van der Waals surface area contributed by atoms with Crippen LogP contribution in [0.3, 0.4) is 0 Å². The van der Waals surface area contributed by atoms with Gasteiger partial charge in [0.15, 0.2) is 0 Å². The zero-order valence-electron chi connectivity index (χ0n) is 14.0. The van der Waals surface area contributed by atoms with Crippen LogP contribution in [0.4, 0.5) is 0 Å². The van der Waals surface area contributed by atoms with Crippen molar-refractivity contribution in [1.82, 2.24) is 15.1 Å². The Balaban J connectivity index is 2.15. The van der Waals surface area contributed by atoms with Crippen LogP contribution in [0.1, 0.15) is 46.0 Å². The average molecular weight is 285 g/mol. The fraction of sp³-hybridized carbons (Fsp3) is 1.00. The topological polar surface area (TPSA) is 38.7 Å². The summed E-state index contributed by atoms with van der Waals surface area (Å²) in [6.45, 7) is 9.42. The van der Waals surface area contributed by atoms with Gasteiger partial charge < -0.3 is 15.3 Å². The van der Waals surface area contributed by atoms with Crippen molar-refractivity contribution < 1.29 is 5.11 Å². The lowest BCUT2D eigenvalue weighted by atomic mass is 9.96. The van der Waals surface area contributed by atoms with Gasteiger partial charge in [0.1, 0.15) is 0 Å². The minimum atomic E-state index is -0.108. The van der Waals surface area contributed by atoms with Gasteiger partial charge in [0.25, 0.3) is 0 Å². The number of likely N-dealkylation sites (N-methyl/N-ethyl adjacent to an activating group) is 3. The van der Waals surface area contributed by atoms with Gasteiger partial charge in [-0.2, -0.15) is 0 Å².